The summed E-state index contributed by atoms with van der Waals surface area (Å²) in [5.74, 6) is -0.831. The molecular formula is C16H22N4O2. The molecule has 0 amide bonds. The number of H-pyrrole nitrogens is 1. The smallest absolute Gasteiger partial charge is 0.307 e. The highest BCUT2D eigenvalue weighted by Crippen LogP contribution is 2.39. The van der Waals surface area contributed by atoms with Crippen LogP contribution < -0.4 is 0 Å². The van der Waals surface area contributed by atoms with Gasteiger partial charge in [0.25, 0.3) is 0 Å². The molecule has 2 rings (SSSR count). The molecule has 2 aromatic rings. The number of carboxylic acids is 1. The number of nitrogens with zero attached hydrogens (tertiary/aromatic N) is 3. The average molecular weight is 302 g/mol. The van der Waals surface area contributed by atoms with Crippen molar-refractivity contribution in [2.75, 3.05) is 0 Å². The second-order valence-electron chi connectivity index (χ2n) is 6.09. The molecule has 1 heterocycles. The molecule has 2 N–H and O–H groups in total. The molecule has 0 unspecified atom stereocenters. The molecule has 0 aliphatic heterocycles. The van der Waals surface area contributed by atoms with E-state index in [1.807, 2.05) is 51.1 Å². The Morgan fingerprint density at radius 1 is 1.23 bits per heavy atom. The maximum Gasteiger partial charge on any atom is 0.307 e. The number of carbonyl (C=O) groups is 1. The van der Waals surface area contributed by atoms with Crippen molar-refractivity contribution in [1.82, 2.24) is 20.6 Å². The molecule has 0 spiro atoms. The number of hydrogen-bond donors (Lipinski definition) is 2. The lowest BCUT2D eigenvalue weighted by molar-refractivity contribution is -0.143. The van der Waals surface area contributed by atoms with Crippen LogP contribution in [-0.4, -0.2) is 31.7 Å². The summed E-state index contributed by atoms with van der Waals surface area (Å²) in [6, 6.07) is 9.88. The van der Waals surface area contributed by atoms with E-state index in [4.69, 9.17) is 0 Å². The number of aliphatic carboxylic acids is 1. The summed E-state index contributed by atoms with van der Waals surface area (Å²) in [6.45, 7) is 6.08. The molecule has 0 bridgehead atoms. The number of tetrazole rings is 1. The molecule has 1 aromatic carbocycles. The quantitative estimate of drug-likeness (QED) is 0.820. The van der Waals surface area contributed by atoms with Crippen LogP contribution in [0.5, 0.6) is 0 Å². The number of nitrogens with one attached hydrogen (secondary N) is 1. The first-order valence-corrected chi connectivity index (χ1v) is 7.52. The van der Waals surface area contributed by atoms with Crippen LogP contribution >= 0.6 is 0 Å². The molecule has 22 heavy (non-hydrogen) atoms. The third-order valence-corrected chi connectivity index (χ3v) is 4.02. The van der Waals surface area contributed by atoms with Gasteiger partial charge in [0.05, 0.1) is 5.92 Å². The Labute approximate surface area is 130 Å². The fourth-order valence-electron chi connectivity index (χ4n) is 2.96. The van der Waals surface area contributed by atoms with Gasteiger partial charge < -0.3 is 5.11 Å². The molecule has 0 aliphatic rings. The average Bonchev–Trinajstić information content (AvgIpc) is 3.00. The van der Waals surface area contributed by atoms with Crippen molar-refractivity contribution in [3.8, 4) is 0 Å². The topological polar surface area (TPSA) is 91.8 Å². The van der Waals surface area contributed by atoms with Crippen LogP contribution in [-0.2, 0) is 4.79 Å². The van der Waals surface area contributed by atoms with Gasteiger partial charge in [-0.15, -0.1) is 5.10 Å². The maximum absolute atomic E-state index is 11.8. The highest BCUT2D eigenvalue weighted by atomic mass is 16.4. The standard InChI is InChI=1S/C16H22N4O2/c1-10(2)9-13(16(21)22)14(15-17-19-20-18-15)11(3)12-7-5-4-6-8-12/h4-8,10-11,13-14H,9H2,1-3H3,(H,21,22)(H,17,18,19,20)/t11-,13+,14+/m1/s1. The SMILES string of the molecule is CC(C)C[C@H](C(=O)O)[C@@H](c1nnn[nH]1)[C@H](C)c1ccccc1. The van der Waals surface area contributed by atoms with Crippen molar-refractivity contribution in [3.63, 3.8) is 0 Å². The Hall–Kier alpha value is -2.24. The van der Waals surface area contributed by atoms with Gasteiger partial charge in [0.2, 0.25) is 0 Å². The molecule has 0 fully saturated rings. The summed E-state index contributed by atoms with van der Waals surface area (Å²) < 4.78 is 0. The van der Waals surface area contributed by atoms with E-state index < -0.39 is 11.9 Å². The summed E-state index contributed by atoms with van der Waals surface area (Å²) in [7, 11) is 0. The van der Waals surface area contributed by atoms with E-state index in [1.54, 1.807) is 0 Å². The minimum atomic E-state index is -0.808. The van der Waals surface area contributed by atoms with Crippen LogP contribution in [0.25, 0.3) is 0 Å². The fourth-order valence-corrected chi connectivity index (χ4v) is 2.96. The Morgan fingerprint density at radius 2 is 1.91 bits per heavy atom. The van der Waals surface area contributed by atoms with Crippen LogP contribution in [0.3, 0.4) is 0 Å². The minimum absolute atomic E-state index is 0.00389. The molecule has 6 nitrogen and oxygen atoms in total. The predicted molar refractivity (Wildman–Crippen MR) is 82.4 cm³/mol. The summed E-state index contributed by atoms with van der Waals surface area (Å²) in [6.07, 6.45) is 0.581. The number of aromatic amines is 1. The molecule has 0 saturated heterocycles. The summed E-state index contributed by atoms with van der Waals surface area (Å²) in [5, 5.41) is 23.7. The van der Waals surface area contributed by atoms with Crippen molar-refractivity contribution >= 4 is 5.97 Å². The Kier molecular flexibility index (Phi) is 5.25. The number of benzene rings is 1. The van der Waals surface area contributed by atoms with Gasteiger partial charge in [0.1, 0.15) is 0 Å². The van der Waals surface area contributed by atoms with Gasteiger partial charge in [-0.05, 0) is 34.2 Å². The van der Waals surface area contributed by atoms with Crippen molar-refractivity contribution < 1.29 is 9.90 Å². The second-order valence-corrected chi connectivity index (χ2v) is 6.09. The van der Waals surface area contributed by atoms with Gasteiger partial charge in [-0.1, -0.05) is 51.1 Å². The Balaban J connectivity index is 2.40. The highest BCUT2D eigenvalue weighted by molar-refractivity contribution is 5.71. The Morgan fingerprint density at radius 3 is 2.41 bits per heavy atom. The minimum Gasteiger partial charge on any atom is -0.481 e. The molecule has 1 aromatic heterocycles. The van der Waals surface area contributed by atoms with Crippen LogP contribution in [0, 0.1) is 11.8 Å². The van der Waals surface area contributed by atoms with Crippen LogP contribution in [0.15, 0.2) is 30.3 Å². The molecule has 0 saturated carbocycles. The number of rotatable bonds is 7. The van der Waals surface area contributed by atoms with Gasteiger partial charge in [0, 0.05) is 5.92 Å². The van der Waals surface area contributed by atoms with E-state index in [0.717, 1.165) is 5.56 Å². The van der Waals surface area contributed by atoms with Crippen LogP contribution in [0.1, 0.15) is 50.4 Å². The van der Waals surface area contributed by atoms with Gasteiger partial charge in [-0.2, -0.15) is 0 Å². The monoisotopic (exact) mass is 302 g/mol. The van der Waals surface area contributed by atoms with Gasteiger partial charge in [-0.3, -0.25) is 4.79 Å². The van der Waals surface area contributed by atoms with E-state index in [-0.39, 0.29) is 17.8 Å². The second kappa shape index (κ2) is 7.15. The first kappa shape index (κ1) is 16.1. The number of aromatic nitrogens is 4. The van der Waals surface area contributed by atoms with Crippen LogP contribution in [0.4, 0.5) is 0 Å². The Bertz CT molecular complexity index is 583. The normalized spacial score (nSPS) is 15.5. The molecule has 118 valence electrons. The highest BCUT2D eigenvalue weighted by Gasteiger charge is 2.36. The van der Waals surface area contributed by atoms with E-state index in [2.05, 4.69) is 20.6 Å². The van der Waals surface area contributed by atoms with E-state index in [1.165, 1.54) is 0 Å². The third-order valence-electron chi connectivity index (χ3n) is 4.02. The number of hydrogen-bond acceptors (Lipinski definition) is 4. The zero-order chi connectivity index (χ0) is 16.1. The van der Waals surface area contributed by atoms with Crippen molar-refractivity contribution in [3.05, 3.63) is 41.7 Å². The lowest BCUT2D eigenvalue weighted by atomic mass is 9.75. The van der Waals surface area contributed by atoms with Crippen molar-refractivity contribution in [2.45, 2.75) is 39.0 Å². The molecular weight excluding hydrogens is 280 g/mol. The largest absolute Gasteiger partial charge is 0.481 e. The van der Waals surface area contributed by atoms with Gasteiger partial charge >= 0.3 is 5.97 Å². The first-order chi connectivity index (χ1) is 10.5. The van der Waals surface area contributed by atoms with Gasteiger partial charge in [0.15, 0.2) is 5.82 Å². The zero-order valence-corrected chi connectivity index (χ0v) is 13.1. The maximum atomic E-state index is 11.8. The lowest BCUT2D eigenvalue weighted by Crippen LogP contribution is -2.28. The van der Waals surface area contributed by atoms with E-state index >= 15 is 0 Å². The molecule has 3 atom stereocenters. The summed E-state index contributed by atoms with van der Waals surface area (Å²) in [4.78, 5) is 11.8. The molecule has 6 heteroatoms. The lowest BCUT2D eigenvalue weighted by Gasteiger charge is -2.28. The summed E-state index contributed by atoms with van der Waals surface area (Å²) in [5.41, 5.74) is 1.08. The first-order valence-electron chi connectivity index (χ1n) is 7.52. The predicted octanol–water partition coefficient (Wildman–Crippen LogP) is 2.83. The zero-order valence-electron chi connectivity index (χ0n) is 13.1. The summed E-state index contributed by atoms with van der Waals surface area (Å²) >= 11 is 0. The van der Waals surface area contributed by atoms with E-state index in [9.17, 15) is 9.90 Å². The third kappa shape index (κ3) is 3.69. The van der Waals surface area contributed by atoms with Crippen molar-refractivity contribution in [1.29, 1.82) is 0 Å². The fraction of sp³-hybridized carbons (Fsp3) is 0.500. The molecule has 0 radical (unpaired) electrons. The van der Waals surface area contributed by atoms with Crippen LogP contribution in [0.2, 0.25) is 0 Å². The number of carboxylic acid groups (broad SMARTS) is 1. The van der Waals surface area contributed by atoms with Crippen molar-refractivity contribution in [2.24, 2.45) is 11.8 Å². The van der Waals surface area contributed by atoms with E-state index in [0.29, 0.717) is 12.2 Å². The van der Waals surface area contributed by atoms with Gasteiger partial charge in [-0.25, -0.2) is 5.10 Å². The molecule has 0 aliphatic carbocycles.